The maximum atomic E-state index is 6.60. The molecule has 0 unspecified atom stereocenters. The Hall–Kier alpha value is -4.96. The zero-order valence-corrected chi connectivity index (χ0v) is 23.1. The zero-order valence-electron chi connectivity index (χ0n) is 23.1. The first-order valence-electron chi connectivity index (χ1n) is 13.9. The molecule has 0 spiro atoms. The second-order valence-electron chi connectivity index (χ2n) is 10.1. The Morgan fingerprint density at radius 1 is 0.585 bits per heavy atom. The molecule has 4 nitrogen and oxygen atoms in total. The molecule has 0 aromatic heterocycles. The van der Waals surface area contributed by atoms with E-state index >= 15 is 0 Å². The van der Waals surface area contributed by atoms with Crippen molar-refractivity contribution in [2.24, 2.45) is 0 Å². The summed E-state index contributed by atoms with van der Waals surface area (Å²) in [5.74, 6) is 3.89. The van der Waals surface area contributed by atoms with E-state index in [4.69, 9.17) is 18.9 Å². The van der Waals surface area contributed by atoms with Gasteiger partial charge in [-0.15, -0.1) is 0 Å². The molecule has 0 amide bonds. The summed E-state index contributed by atoms with van der Waals surface area (Å²) in [6, 6.07) is 42.7. The third-order valence-corrected chi connectivity index (χ3v) is 6.97. The molecule has 5 aromatic carbocycles. The Balaban J connectivity index is 1.27. The molecular formula is C37H32O4. The molecule has 204 valence electrons. The van der Waals surface area contributed by atoms with Crippen LogP contribution in [0.5, 0.6) is 17.2 Å². The molecule has 1 aliphatic heterocycles. The quantitative estimate of drug-likeness (QED) is 0.178. The summed E-state index contributed by atoms with van der Waals surface area (Å²) < 4.78 is 25.4. The van der Waals surface area contributed by atoms with Gasteiger partial charge >= 0.3 is 0 Å². The van der Waals surface area contributed by atoms with Crippen LogP contribution in [0, 0.1) is 6.92 Å². The minimum Gasteiger partial charge on any atom is -0.489 e. The molecule has 4 heteroatoms. The SMILES string of the molecule is Cc1cc(OCc2ccccc2)c2c(c1)OC(c1ccc(OCc3ccccc3)cc1)=C(OCc1ccccc1)C2. The largest absolute Gasteiger partial charge is 0.489 e. The van der Waals surface area contributed by atoms with Crippen molar-refractivity contribution in [2.45, 2.75) is 33.2 Å². The Labute approximate surface area is 241 Å². The minimum absolute atomic E-state index is 0.447. The van der Waals surface area contributed by atoms with Gasteiger partial charge < -0.3 is 18.9 Å². The van der Waals surface area contributed by atoms with Crippen LogP contribution in [0.15, 0.2) is 133 Å². The van der Waals surface area contributed by atoms with Gasteiger partial charge in [-0.1, -0.05) is 91.0 Å². The zero-order chi connectivity index (χ0) is 27.9. The Morgan fingerprint density at radius 2 is 1.12 bits per heavy atom. The van der Waals surface area contributed by atoms with Crippen LogP contribution in [0.3, 0.4) is 0 Å². The molecule has 1 aliphatic rings. The summed E-state index contributed by atoms with van der Waals surface area (Å²) in [7, 11) is 0. The van der Waals surface area contributed by atoms with E-state index in [9.17, 15) is 0 Å². The number of ether oxygens (including phenoxy) is 4. The van der Waals surface area contributed by atoms with Crippen LogP contribution in [-0.2, 0) is 31.0 Å². The van der Waals surface area contributed by atoms with Crippen molar-refractivity contribution < 1.29 is 18.9 Å². The summed E-state index contributed by atoms with van der Waals surface area (Å²) in [5, 5.41) is 0. The van der Waals surface area contributed by atoms with E-state index in [0.29, 0.717) is 32.0 Å². The third-order valence-electron chi connectivity index (χ3n) is 6.97. The van der Waals surface area contributed by atoms with Crippen molar-refractivity contribution in [3.63, 3.8) is 0 Å². The first kappa shape index (κ1) is 26.3. The van der Waals surface area contributed by atoms with E-state index in [1.807, 2.05) is 78.9 Å². The molecule has 0 bridgehead atoms. The van der Waals surface area contributed by atoms with Crippen molar-refractivity contribution in [3.8, 4) is 17.2 Å². The van der Waals surface area contributed by atoms with Crippen molar-refractivity contribution in [1.82, 2.24) is 0 Å². The third kappa shape index (κ3) is 6.62. The van der Waals surface area contributed by atoms with Gasteiger partial charge in [0.05, 0.1) is 0 Å². The fourth-order valence-electron chi connectivity index (χ4n) is 4.81. The van der Waals surface area contributed by atoms with Gasteiger partial charge in [0.2, 0.25) is 0 Å². The van der Waals surface area contributed by atoms with Crippen LogP contribution in [0.1, 0.15) is 33.4 Å². The smallest absolute Gasteiger partial charge is 0.172 e. The summed E-state index contributed by atoms with van der Waals surface area (Å²) >= 11 is 0. The van der Waals surface area contributed by atoms with Crippen molar-refractivity contribution in [1.29, 1.82) is 0 Å². The van der Waals surface area contributed by atoms with Gasteiger partial charge in [-0.25, -0.2) is 0 Å². The molecule has 0 saturated heterocycles. The van der Waals surface area contributed by atoms with E-state index in [-0.39, 0.29) is 0 Å². The number of benzene rings is 5. The minimum atomic E-state index is 0.447. The van der Waals surface area contributed by atoms with Gasteiger partial charge in [0, 0.05) is 17.5 Å². The van der Waals surface area contributed by atoms with Crippen LogP contribution >= 0.6 is 0 Å². The predicted octanol–water partition coefficient (Wildman–Crippen LogP) is 8.67. The number of fused-ring (bicyclic) bond motifs is 1. The van der Waals surface area contributed by atoms with Crippen LogP contribution < -0.4 is 14.2 Å². The number of aryl methyl sites for hydroxylation is 1. The Morgan fingerprint density at radius 3 is 1.71 bits per heavy atom. The highest BCUT2D eigenvalue weighted by Crippen LogP contribution is 2.41. The lowest BCUT2D eigenvalue weighted by Crippen LogP contribution is -2.14. The Kier molecular flexibility index (Phi) is 8.00. The molecule has 0 atom stereocenters. The molecule has 6 rings (SSSR count). The lowest BCUT2D eigenvalue weighted by molar-refractivity contribution is 0.183. The molecular weight excluding hydrogens is 508 g/mol. The Bertz CT molecular complexity index is 1610. The number of hydrogen-bond donors (Lipinski definition) is 0. The second kappa shape index (κ2) is 12.5. The van der Waals surface area contributed by atoms with Crippen LogP contribution in [0.4, 0.5) is 0 Å². The summed E-state index contributed by atoms with van der Waals surface area (Å²) in [5.41, 5.74) is 6.33. The highest BCUT2D eigenvalue weighted by Gasteiger charge is 2.26. The first-order chi connectivity index (χ1) is 20.2. The lowest BCUT2D eigenvalue weighted by atomic mass is 10.0. The molecule has 1 heterocycles. The number of rotatable bonds is 10. The van der Waals surface area contributed by atoms with Crippen molar-refractivity contribution >= 4 is 5.76 Å². The monoisotopic (exact) mass is 540 g/mol. The van der Waals surface area contributed by atoms with Crippen molar-refractivity contribution in [2.75, 3.05) is 0 Å². The average Bonchev–Trinajstić information content (AvgIpc) is 3.03. The predicted molar refractivity (Wildman–Crippen MR) is 162 cm³/mol. The molecule has 41 heavy (non-hydrogen) atoms. The summed E-state index contributed by atoms with van der Waals surface area (Å²) in [6.07, 6.45) is 0.564. The fourth-order valence-corrected chi connectivity index (χ4v) is 4.81. The van der Waals surface area contributed by atoms with E-state index in [1.54, 1.807) is 0 Å². The number of allylic oxidation sites excluding steroid dienone is 1. The fraction of sp³-hybridized carbons (Fsp3) is 0.135. The molecule has 0 radical (unpaired) electrons. The standard InChI is InChI=1S/C37H32O4/c1-27-21-34(39-25-29-13-7-3-8-14-29)33-23-36(40-26-30-15-9-4-10-16-30)37(41-35(33)22-27)31-17-19-32(20-18-31)38-24-28-11-5-2-6-12-28/h2-22H,23-26H2,1H3. The van der Waals surface area contributed by atoms with E-state index in [2.05, 4.69) is 55.5 Å². The van der Waals surface area contributed by atoms with E-state index < -0.39 is 0 Å². The average molecular weight is 541 g/mol. The summed E-state index contributed by atoms with van der Waals surface area (Å²) in [4.78, 5) is 0. The van der Waals surface area contributed by atoms with Crippen LogP contribution in [-0.4, -0.2) is 0 Å². The van der Waals surface area contributed by atoms with Gasteiger partial charge in [0.1, 0.15) is 42.8 Å². The maximum absolute atomic E-state index is 6.60. The van der Waals surface area contributed by atoms with Gasteiger partial charge in [-0.2, -0.15) is 0 Å². The molecule has 0 aliphatic carbocycles. The normalized spacial score (nSPS) is 12.3. The van der Waals surface area contributed by atoms with Gasteiger partial charge in [0.15, 0.2) is 5.76 Å². The topological polar surface area (TPSA) is 36.9 Å². The van der Waals surface area contributed by atoms with Gasteiger partial charge in [-0.05, 0) is 65.6 Å². The number of hydrogen-bond acceptors (Lipinski definition) is 4. The van der Waals surface area contributed by atoms with Crippen LogP contribution in [0.25, 0.3) is 5.76 Å². The highest BCUT2D eigenvalue weighted by molar-refractivity contribution is 5.69. The molecule has 0 saturated carbocycles. The second-order valence-corrected chi connectivity index (χ2v) is 10.1. The summed E-state index contributed by atoms with van der Waals surface area (Å²) in [6.45, 7) is 3.51. The van der Waals surface area contributed by atoms with E-state index in [0.717, 1.165) is 56.4 Å². The first-order valence-corrected chi connectivity index (χ1v) is 13.9. The van der Waals surface area contributed by atoms with Gasteiger partial charge in [0.25, 0.3) is 0 Å². The molecule has 5 aromatic rings. The van der Waals surface area contributed by atoms with E-state index in [1.165, 1.54) is 0 Å². The maximum Gasteiger partial charge on any atom is 0.172 e. The van der Waals surface area contributed by atoms with Crippen LogP contribution in [0.2, 0.25) is 0 Å². The van der Waals surface area contributed by atoms with Crippen molar-refractivity contribution in [3.05, 3.63) is 167 Å². The highest BCUT2D eigenvalue weighted by atomic mass is 16.5. The molecule has 0 fully saturated rings. The van der Waals surface area contributed by atoms with Gasteiger partial charge in [-0.3, -0.25) is 0 Å². The lowest BCUT2D eigenvalue weighted by Gasteiger charge is -2.26. The molecule has 0 N–H and O–H groups in total.